The van der Waals surface area contributed by atoms with Crippen LogP contribution in [0.15, 0.2) is 48.5 Å². The molecule has 11 nitrogen and oxygen atoms in total. The highest BCUT2D eigenvalue weighted by Crippen LogP contribution is 2.66. The molecule has 304 valence electrons. The summed E-state index contributed by atoms with van der Waals surface area (Å²) in [6.07, 6.45) is 2.37. The molecule has 4 aliphatic rings. The van der Waals surface area contributed by atoms with Gasteiger partial charge in [0.05, 0.1) is 29.7 Å². The summed E-state index contributed by atoms with van der Waals surface area (Å²) in [4.78, 5) is 66.9. The predicted octanol–water partition coefficient (Wildman–Crippen LogP) is 5.80. The van der Waals surface area contributed by atoms with Gasteiger partial charge in [0.25, 0.3) is 0 Å². The van der Waals surface area contributed by atoms with Crippen LogP contribution in [-0.2, 0) is 28.5 Å². The first-order valence-corrected chi connectivity index (χ1v) is 20.5. The topological polar surface area (TPSA) is 180 Å². The number of Topliss-reactive ketones (excluding diaryl/α,β-unsaturated/α-hetero) is 3. The van der Waals surface area contributed by atoms with Crippen molar-refractivity contribution in [3.05, 3.63) is 59.1 Å². The molecule has 2 aromatic rings. The van der Waals surface area contributed by atoms with E-state index >= 15 is 0 Å². The van der Waals surface area contributed by atoms with Crippen molar-refractivity contribution in [3.63, 3.8) is 0 Å². The van der Waals surface area contributed by atoms with Gasteiger partial charge in [0.15, 0.2) is 17.3 Å². The molecule has 3 aliphatic carbocycles. The van der Waals surface area contributed by atoms with Crippen LogP contribution >= 0.6 is 11.6 Å². The maximum absolute atomic E-state index is 13.7. The number of hydrogen-bond acceptors (Lipinski definition) is 9. The van der Waals surface area contributed by atoms with Crippen LogP contribution in [-0.4, -0.2) is 73.2 Å². The van der Waals surface area contributed by atoms with Crippen molar-refractivity contribution < 1.29 is 33.3 Å². The minimum atomic E-state index is -1.08. The van der Waals surface area contributed by atoms with Gasteiger partial charge in [-0.3, -0.25) is 24.0 Å². The number of hydrogen-bond donors (Lipinski definition) is 4. The maximum atomic E-state index is 13.7. The quantitative estimate of drug-likeness (QED) is 0.101. The van der Waals surface area contributed by atoms with Crippen LogP contribution in [0.1, 0.15) is 97.3 Å². The fraction of sp³-hybridized carbons (Fsp3) is 0.605. The Labute approximate surface area is 337 Å². The van der Waals surface area contributed by atoms with E-state index in [1.165, 1.54) is 0 Å². The summed E-state index contributed by atoms with van der Waals surface area (Å²) in [5, 5.41) is 6.19. The highest BCUT2D eigenvalue weighted by atomic mass is 35.5. The predicted molar refractivity (Wildman–Crippen MR) is 219 cm³/mol. The molecule has 0 aromatic heterocycles. The van der Waals surface area contributed by atoms with Crippen molar-refractivity contribution in [3.8, 4) is 11.1 Å². The number of carbonyl (C=O) groups excluding carboxylic acids is 5. The van der Waals surface area contributed by atoms with E-state index in [1.54, 1.807) is 31.2 Å². The summed E-state index contributed by atoms with van der Waals surface area (Å²) >= 11 is 5.99. The van der Waals surface area contributed by atoms with Crippen molar-refractivity contribution in [2.45, 2.75) is 117 Å². The van der Waals surface area contributed by atoms with Crippen LogP contribution in [0.3, 0.4) is 0 Å². The molecular weight excluding hydrogens is 731 g/mol. The molecule has 1 aliphatic heterocycles. The molecule has 9 atom stereocenters. The van der Waals surface area contributed by atoms with Crippen molar-refractivity contribution >= 4 is 47.9 Å². The van der Waals surface area contributed by atoms with Crippen molar-refractivity contribution in [1.82, 2.24) is 10.6 Å². The molecule has 3 saturated carbocycles. The molecule has 6 rings (SSSR count). The van der Waals surface area contributed by atoms with Gasteiger partial charge in [0.2, 0.25) is 11.8 Å². The molecule has 2 amide bonds. The Morgan fingerprint density at radius 3 is 1.96 bits per heavy atom. The van der Waals surface area contributed by atoms with Crippen LogP contribution in [0.5, 0.6) is 0 Å². The van der Waals surface area contributed by atoms with Gasteiger partial charge in [-0.15, -0.1) is 0 Å². The second-order valence-corrected chi connectivity index (χ2v) is 18.1. The van der Waals surface area contributed by atoms with Crippen LogP contribution in [0.4, 0.5) is 0 Å². The average Bonchev–Trinajstić information content (AvgIpc) is 3.53. The van der Waals surface area contributed by atoms with Gasteiger partial charge in [-0.05, 0) is 78.4 Å². The lowest BCUT2D eigenvalue weighted by molar-refractivity contribution is -0.199. The number of halogens is 1. The highest BCUT2D eigenvalue weighted by Gasteiger charge is 2.68. The van der Waals surface area contributed by atoms with E-state index in [2.05, 4.69) is 31.4 Å². The van der Waals surface area contributed by atoms with Gasteiger partial charge in [-0.2, -0.15) is 0 Å². The van der Waals surface area contributed by atoms with Crippen molar-refractivity contribution in [2.75, 3.05) is 13.1 Å². The second-order valence-electron chi connectivity index (χ2n) is 17.7. The number of amides is 2. The molecule has 4 fully saturated rings. The third-order valence-electron chi connectivity index (χ3n) is 12.7. The lowest BCUT2D eigenvalue weighted by atomic mass is 9.43. The number of carbonyl (C=O) groups is 5. The van der Waals surface area contributed by atoms with E-state index < -0.39 is 48.6 Å². The molecule has 1 heterocycles. The van der Waals surface area contributed by atoms with E-state index in [0.29, 0.717) is 28.8 Å². The molecule has 56 heavy (non-hydrogen) atoms. The smallest absolute Gasteiger partial charge is 0.405 e. The molecular formula is C43H60BClN4O7. The van der Waals surface area contributed by atoms with Gasteiger partial charge in [-0.1, -0.05) is 89.5 Å². The Morgan fingerprint density at radius 1 is 0.804 bits per heavy atom. The van der Waals surface area contributed by atoms with E-state index in [9.17, 15) is 24.0 Å². The summed E-state index contributed by atoms with van der Waals surface area (Å²) in [7, 11) is -0.497. The van der Waals surface area contributed by atoms with E-state index in [0.717, 1.165) is 24.0 Å². The minimum absolute atomic E-state index is 0.0158. The highest BCUT2D eigenvalue weighted by molar-refractivity contribution is 6.47. The Bertz CT molecular complexity index is 1760. The third-order valence-corrected chi connectivity index (χ3v) is 13.0. The lowest BCUT2D eigenvalue weighted by Gasteiger charge is -2.64. The second kappa shape index (κ2) is 18.0. The van der Waals surface area contributed by atoms with Gasteiger partial charge in [0.1, 0.15) is 0 Å². The van der Waals surface area contributed by atoms with Crippen LogP contribution in [0, 0.1) is 35.0 Å². The standard InChI is InChI=1S/C43H60BClN4O7/c1-24(2)16-33(37(52)18-26(4)44-55-39-21-31-20-38(42(31,5)6)43(39,7)56-44)48-40(53)25(3)17-36(51)34(23-47)49-41(54)30(22-46)19-35(50)29-10-8-27(9-11-29)28-12-14-32(45)15-13-28/h8-15,24-26,30-31,33-34,38-39H,16-23,46-47H2,1-7H3,(H,48,53)(H,49,54)/t25-,26-,30+,31+,33+,34+,38+,39?,43+/m1/s1. The summed E-state index contributed by atoms with van der Waals surface area (Å²) in [5.74, 6) is -2.56. The molecule has 2 aromatic carbocycles. The van der Waals surface area contributed by atoms with E-state index in [-0.39, 0.29) is 72.8 Å². The molecule has 6 N–H and O–H groups in total. The van der Waals surface area contributed by atoms with Gasteiger partial charge in [-0.25, -0.2) is 0 Å². The number of benzene rings is 2. The first kappa shape index (κ1) is 43.7. The Balaban J connectivity index is 1.11. The Kier molecular flexibility index (Phi) is 14.1. The normalized spacial score (nSPS) is 24.9. The molecule has 2 bridgehead atoms. The van der Waals surface area contributed by atoms with Crippen LogP contribution in [0.25, 0.3) is 11.1 Å². The number of nitrogens with two attached hydrogens (primary N) is 2. The van der Waals surface area contributed by atoms with E-state index in [1.807, 2.05) is 45.0 Å². The van der Waals surface area contributed by atoms with Crippen LogP contribution in [0.2, 0.25) is 10.8 Å². The summed E-state index contributed by atoms with van der Waals surface area (Å²) in [5.41, 5.74) is 14.0. The number of ketones is 3. The first-order valence-electron chi connectivity index (χ1n) is 20.2. The monoisotopic (exact) mass is 790 g/mol. The lowest BCUT2D eigenvalue weighted by Crippen LogP contribution is -2.65. The van der Waals surface area contributed by atoms with E-state index in [4.69, 9.17) is 32.4 Å². The summed E-state index contributed by atoms with van der Waals surface area (Å²) in [6.45, 7) is 14.0. The Morgan fingerprint density at radius 2 is 1.39 bits per heavy atom. The Hall–Kier alpha value is -3.42. The molecule has 1 saturated heterocycles. The third kappa shape index (κ3) is 9.64. The van der Waals surface area contributed by atoms with Crippen LogP contribution < -0.4 is 22.1 Å². The maximum Gasteiger partial charge on any atom is 0.461 e. The summed E-state index contributed by atoms with van der Waals surface area (Å²) < 4.78 is 13.0. The first-order chi connectivity index (χ1) is 26.4. The minimum Gasteiger partial charge on any atom is -0.405 e. The van der Waals surface area contributed by atoms with Gasteiger partial charge in [0, 0.05) is 48.9 Å². The zero-order valence-electron chi connectivity index (χ0n) is 33.9. The zero-order chi connectivity index (χ0) is 41.1. The largest absolute Gasteiger partial charge is 0.461 e. The number of rotatable bonds is 19. The number of nitrogens with one attached hydrogen (secondary N) is 2. The van der Waals surface area contributed by atoms with Crippen molar-refractivity contribution in [2.24, 2.45) is 46.5 Å². The van der Waals surface area contributed by atoms with Gasteiger partial charge < -0.3 is 31.4 Å². The molecule has 13 heteroatoms. The fourth-order valence-electron chi connectivity index (χ4n) is 8.97. The fourth-order valence-corrected chi connectivity index (χ4v) is 9.10. The van der Waals surface area contributed by atoms with Crippen molar-refractivity contribution in [1.29, 1.82) is 0 Å². The summed E-state index contributed by atoms with van der Waals surface area (Å²) in [6, 6.07) is 12.6. The molecule has 0 radical (unpaired) electrons. The zero-order valence-corrected chi connectivity index (χ0v) is 34.7. The van der Waals surface area contributed by atoms with Gasteiger partial charge >= 0.3 is 7.12 Å². The SMILES string of the molecule is CC(C)C[C@H](NC(=O)[C@H](C)CC(=O)[C@H](CN)NC(=O)[C@H](CN)CC(=O)c1ccc(-c2ccc(Cl)cc2)cc1)C(=O)C[C@@H](C)B1OC2C[C@@H]3C[C@@H](C3(C)C)[C@]2(C)O1. The average molecular weight is 791 g/mol. The molecule has 1 unspecified atom stereocenters. The molecule has 0 spiro atoms.